The van der Waals surface area contributed by atoms with Crippen LogP contribution < -0.4 is 5.32 Å². The fourth-order valence-corrected chi connectivity index (χ4v) is 1.12. The number of amides is 1. The quantitative estimate of drug-likeness (QED) is 0.842. The fourth-order valence-electron chi connectivity index (χ4n) is 1.12. The molecule has 0 spiro atoms. The molecular formula is C13H19NO3. The van der Waals surface area contributed by atoms with E-state index < -0.39 is 11.7 Å². The van der Waals surface area contributed by atoms with Gasteiger partial charge in [-0.05, 0) is 26.3 Å². The van der Waals surface area contributed by atoms with Crippen LogP contribution in [0, 0.1) is 0 Å². The molecule has 0 radical (unpaired) electrons. The number of carbonyl (C=O) groups excluding carboxylic acids is 1. The van der Waals surface area contributed by atoms with E-state index in [0.29, 0.717) is 0 Å². The number of rotatable bonds is 4. The summed E-state index contributed by atoms with van der Waals surface area (Å²) in [5.74, 6) is 0. The van der Waals surface area contributed by atoms with Gasteiger partial charge in [-0.3, -0.25) is 0 Å². The molecule has 1 aromatic rings. The highest BCUT2D eigenvalue weighted by molar-refractivity contribution is 5.67. The Morgan fingerprint density at radius 2 is 2.00 bits per heavy atom. The molecule has 0 unspecified atom stereocenters. The number of aliphatic hydroxyl groups is 1. The number of ether oxygens (including phenoxy) is 1. The predicted octanol–water partition coefficient (Wildman–Crippen LogP) is 2.07. The summed E-state index contributed by atoms with van der Waals surface area (Å²) in [4.78, 5) is 11.4. The Morgan fingerprint density at radius 3 is 2.53 bits per heavy atom. The number of carbonyl (C=O) groups is 1. The highest BCUT2D eigenvalue weighted by Crippen LogP contribution is 2.08. The lowest BCUT2D eigenvalue weighted by atomic mass is 10.0. The van der Waals surface area contributed by atoms with Crippen LogP contribution >= 0.6 is 0 Å². The maximum atomic E-state index is 11.4. The standard InChI is InChI=1S/C13H19NO3/c1-10(13(2,3)16)14-12(15)17-9-11-7-5-4-6-8-11/h4-8,10,16H,9H2,1-3H3,(H,14,15)/t10-/m1/s1. The molecule has 0 aromatic heterocycles. The van der Waals surface area contributed by atoms with E-state index in [1.54, 1.807) is 20.8 Å². The molecular weight excluding hydrogens is 218 g/mol. The summed E-state index contributed by atoms with van der Waals surface area (Å²) >= 11 is 0. The molecule has 0 aliphatic carbocycles. The van der Waals surface area contributed by atoms with Gasteiger partial charge in [0.15, 0.2) is 0 Å². The van der Waals surface area contributed by atoms with Crippen molar-refractivity contribution in [3.8, 4) is 0 Å². The molecule has 4 nitrogen and oxygen atoms in total. The fraction of sp³-hybridized carbons (Fsp3) is 0.462. The second kappa shape index (κ2) is 5.68. The highest BCUT2D eigenvalue weighted by Gasteiger charge is 2.24. The lowest BCUT2D eigenvalue weighted by Gasteiger charge is -2.26. The summed E-state index contributed by atoms with van der Waals surface area (Å²) in [6.45, 7) is 5.22. The normalized spacial score (nSPS) is 12.9. The summed E-state index contributed by atoms with van der Waals surface area (Å²) in [5, 5.41) is 12.2. The summed E-state index contributed by atoms with van der Waals surface area (Å²) < 4.78 is 5.03. The molecule has 1 amide bonds. The minimum absolute atomic E-state index is 0.227. The van der Waals surface area contributed by atoms with Crippen molar-refractivity contribution in [3.63, 3.8) is 0 Å². The van der Waals surface area contributed by atoms with Gasteiger partial charge in [-0.25, -0.2) is 4.79 Å². The molecule has 1 rings (SSSR count). The first-order valence-corrected chi connectivity index (χ1v) is 5.59. The van der Waals surface area contributed by atoms with E-state index in [2.05, 4.69) is 5.32 Å². The monoisotopic (exact) mass is 237 g/mol. The van der Waals surface area contributed by atoms with Gasteiger partial charge in [0.25, 0.3) is 0 Å². The van der Waals surface area contributed by atoms with Gasteiger partial charge in [-0.15, -0.1) is 0 Å². The molecule has 0 saturated carbocycles. The molecule has 0 heterocycles. The molecule has 0 bridgehead atoms. The van der Waals surface area contributed by atoms with Crippen molar-refractivity contribution in [2.24, 2.45) is 0 Å². The Morgan fingerprint density at radius 1 is 1.41 bits per heavy atom. The maximum absolute atomic E-state index is 11.4. The Hall–Kier alpha value is -1.55. The van der Waals surface area contributed by atoms with Crippen LogP contribution in [0.4, 0.5) is 4.79 Å². The van der Waals surface area contributed by atoms with Gasteiger partial charge in [-0.1, -0.05) is 30.3 Å². The van der Waals surface area contributed by atoms with Crippen molar-refractivity contribution in [3.05, 3.63) is 35.9 Å². The van der Waals surface area contributed by atoms with E-state index >= 15 is 0 Å². The number of nitrogens with one attached hydrogen (secondary N) is 1. The molecule has 1 atom stereocenters. The second-order valence-corrected chi connectivity index (χ2v) is 4.58. The molecule has 0 aliphatic rings. The minimum Gasteiger partial charge on any atom is -0.445 e. The molecule has 17 heavy (non-hydrogen) atoms. The van der Waals surface area contributed by atoms with E-state index in [0.717, 1.165) is 5.56 Å². The third-order valence-electron chi connectivity index (χ3n) is 2.61. The zero-order valence-corrected chi connectivity index (χ0v) is 10.4. The van der Waals surface area contributed by atoms with Crippen molar-refractivity contribution in [1.29, 1.82) is 0 Å². The molecule has 0 saturated heterocycles. The van der Waals surface area contributed by atoms with Crippen LogP contribution in [0.2, 0.25) is 0 Å². The van der Waals surface area contributed by atoms with Crippen molar-refractivity contribution in [2.45, 2.75) is 39.0 Å². The topological polar surface area (TPSA) is 58.6 Å². The summed E-state index contributed by atoms with van der Waals surface area (Å²) in [6.07, 6.45) is -0.525. The molecule has 1 aromatic carbocycles. The lowest BCUT2D eigenvalue weighted by Crippen LogP contribution is -2.47. The molecule has 4 heteroatoms. The minimum atomic E-state index is -0.967. The van der Waals surface area contributed by atoms with Gasteiger partial charge in [0.2, 0.25) is 0 Å². The SMILES string of the molecule is C[C@@H](NC(=O)OCc1ccccc1)C(C)(C)O. The van der Waals surface area contributed by atoms with Crippen molar-refractivity contribution in [1.82, 2.24) is 5.32 Å². The van der Waals surface area contributed by atoms with E-state index in [-0.39, 0.29) is 12.6 Å². The van der Waals surface area contributed by atoms with Gasteiger partial charge in [0, 0.05) is 0 Å². The Bertz CT molecular complexity index is 357. The third kappa shape index (κ3) is 4.87. The van der Waals surface area contributed by atoms with E-state index in [4.69, 9.17) is 4.74 Å². The Balaban J connectivity index is 2.36. The van der Waals surface area contributed by atoms with Crippen molar-refractivity contribution in [2.75, 3.05) is 0 Å². The largest absolute Gasteiger partial charge is 0.445 e. The van der Waals surface area contributed by atoms with Gasteiger partial charge in [0.1, 0.15) is 6.61 Å². The Labute approximate surface area is 102 Å². The average molecular weight is 237 g/mol. The van der Waals surface area contributed by atoms with E-state index in [9.17, 15) is 9.90 Å². The molecule has 0 aliphatic heterocycles. The molecule has 94 valence electrons. The number of alkyl carbamates (subject to hydrolysis) is 1. The van der Waals surface area contributed by atoms with Crippen LogP contribution in [0.15, 0.2) is 30.3 Å². The Kier molecular flexibility index (Phi) is 4.52. The second-order valence-electron chi connectivity index (χ2n) is 4.58. The summed E-state index contributed by atoms with van der Waals surface area (Å²) in [7, 11) is 0. The average Bonchev–Trinajstić information content (AvgIpc) is 2.26. The number of benzene rings is 1. The first kappa shape index (κ1) is 13.5. The maximum Gasteiger partial charge on any atom is 0.407 e. The molecule has 2 N–H and O–H groups in total. The first-order valence-electron chi connectivity index (χ1n) is 5.59. The van der Waals surface area contributed by atoms with Crippen LogP contribution in [0.3, 0.4) is 0 Å². The van der Waals surface area contributed by atoms with Crippen molar-refractivity contribution < 1.29 is 14.6 Å². The van der Waals surface area contributed by atoms with E-state index in [1.165, 1.54) is 0 Å². The summed E-state index contributed by atoms with van der Waals surface area (Å²) in [6, 6.07) is 9.07. The van der Waals surface area contributed by atoms with Gasteiger partial charge in [-0.2, -0.15) is 0 Å². The zero-order valence-electron chi connectivity index (χ0n) is 10.4. The smallest absolute Gasteiger partial charge is 0.407 e. The van der Waals surface area contributed by atoms with Crippen LogP contribution in [-0.2, 0) is 11.3 Å². The zero-order chi connectivity index (χ0) is 12.9. The van der Waals surface area contributed by atoms with Crippen LogP contribution in [0.1, 0.15) is 26.3 Å². The van der Waals surface area contributed by atoms with E-state index in [1.807, 2.05) is 30.3 Å². The molecule has 0 fully saturated rings. The van der Waals surface area contributed by atoms with Crippen LogP contribution in [0.25, 0.3) is 0 Å². The van der Waals surface area contributed by atoms with Crippen molar-refractivity contribution >= 4 is 6.09 Å². The van der Waals surface area contributed by atoms with Crippen LogP contribution in [-0.4, -0.2) is 22.8 Å². The third-order valence-corrected chi connectivity index (χ3v) is 2.61. The van der Waals surface area contributed by atoms with Crippen LogP contribution in [0.5, 0.6) is 0 Å². The van der Waals surface area contributed by atoms with Gasteiger partial charge >= 0.3 is 6.09 Å². The highest BCUT2D eigenvalue weighted by atomic mass is 16.5. The predicted molar refractivity (Wildman–Crippen MR) is 65.5 cm³/mol. The summed E-state index contributed by atoms with van der Waals surface area (Å²) in [5.41, 5.74) is -0.0373. The number of hydrogen-bond acceptors (Lipinski definition) is 3. The number of hydrogen-bond donors (Lipinski definition) is 2. The van der Waals surface area contributed by atoms with Gasteiger partial charge < -0.3 is 15.2 Å². The van der Waals surface area contributed by atoms with Gasteiger partial charge in [0.05, 0.1) is 11.6 Å². The lowest BCUT2D eigenvalue weighted by molar-refractivity contribution is 0.0401. The first-order chi connectivity index (χ1) is 7.89.